The van der Waals surface area contributed by atoms with E-state index in [1.54, 1.807) is 36.2 Å². The largest absolute Gasteiger partial charge is 0.465 e. The molecule has 1 aliphatic carbocycles. The smallest absolute Gasteiger partial charge is 0.339 e. The molecule has 2 aliphatic rings. The van der Waals surface area contributed by atoms with E-state index in [1.807, 2.05) is 0 Å². The number of carbonyl (C=O) groups is 1. The Bertz CT molecular complexity index is 794. The molecule has 0 saturated heterocycles. The molecule has 0 fully saturated rings. The van der Waals surface area contributed by atoms with E-state index < -0.39 is 18.2 Å². The van der Waals surface area contributed by atoms with E-state index in [4.69, 9.17) is 16.3 Å². The van der Waals surface area contributed by atoms with Crippen LogP contribution in [0.4, 0.5) is 10.1 Å². The highest BCUT2D eigenvalue weighted by molar-refractivity contribution is 9.10. The van der Waals surface area contributed by atoms with Gasteiger partial charge < -0.3 is 15.0 Å². The Morgan fingerprint density at radius 3 is 2.92 bits per heavy atom. The van der Waals surface area contributed by atoms with Crippen LogP contribution in [0.1, 0.15) is 0 Å². The molecule has 5 nitrogen and oxygen atoms in total. The summed E-state index contributed by atoms with van der Waals surface area (Å²) in [4.78, 5) is 18.0. The zero-order valence-electron chi connectivity index (χ0n) is 12.9. The number of carbonyl (C=O) groups excluding carboxylic acids is 1. The van der Waals surface area contributed by atoms with Crippen molar-refractivity contribution in [3.8, 4) is 0 Å². The first-order valence-electron chi connectivity index (χ1n) is 7.08. The number of likely N-dealkylation sites (N-methyl/N-ethyl adjacent to an activating group) is 1. The summed E-state index contributed by atoms with van der Waals surface area (Å²) in [5.41, 5.74) is 1.31. The van der Waals surface area contributed by atoms with Crippen LogP contribution in [0.25, 0.3) is 0 Å². The second-order valence-corrected chi connectivity index (χ2v) is 6.68. The molecule has 0 aromatic heterocycles. The molecule has 0 amide bonds. The first kappa shape index (κ1) is 17.0. The predicted octanol–water partition coefficient (Wildman–Crippen LogP) is 3.52. The van der Waals surface area contributed by atoms with E-state index in [-0.39, 0.29) is 11.3 Å². The Morgan fingerprint density at radius 1 is 1.50 bits per heavy atom. The standard InChI is InChI=1S/C16H14BrClFN3O2/c1-22-7-20-15-12(22)6-9(16(23)24-2)14(13(15)19)21-11-4-3-8(17)5-10(11)18/h3-7,13,15,21H,1-2H3. The molecule has 1 heterocycles. The van der Waals surface area contributed by atoms with Gasteiger partial charge in [-0.3, -0.25) is 4.99 Å². The molecule has 0 saturated carbocycles. The summed E-state index contributed by atoms with van der Waals surface area (Å²) >= 11 is 9.50. The minimum absolute atomic E-state index is 0.0901. The highest BCUT2D eigenvalue weighted by Gasteiger charge is 2.39. The highest BCUT2D eigenvalue weighted by atomic mass is 79.9. The fourth-order valence-electron chi connectivity index (χ4n) is 2.62. The zero-order valence-corrected chi connectivity index (χ0v) is 15.2. The molecular weight excluding hydrogens is 401 g/mol. The van der Waals surface area contributed by atoms with Crippen LogP contribution in [0.2, 0.25) is 5.02 Å². The highest BCUT2D eigenvalue weighted by Crippen LogP contribution is 2.36. The molecule has 2 unspecified atom stereocenters. The van der Waals surface area contributed by atoms with Crippen molar-refractivity contribution in [1.29, 1.82) is 0 Å². The Morgan fingerprint density at radius 2 is 2.25 bits per heavy atom. The molecule has 1 aliphatic heterocycles. The van der Waals surface area contributed by atoms with E-state index >= 15 is 4.39 Å². The van der Waals surface area contributed by atoms with E-state index in [2.05, 4.69) is 26.2 Å². The van der Waals surface area contributed by atoms with Crippen molar-refractivity contribution in [3.05, 3.63) is 50.7 Å². The summed E-state index contributed by atoms with van der Waals surface area (Å²) < 4.78 is 20.6. The van der Waals surface area contributed by atoms with Crippen molar-refractivity contribution in [2.24, 2.45) is 4.99 Å². The summed E-state index contributed by atoms with van der Waals surface area (Å²) in [5, 5.41) is 3.33. The Labute approximate surface area is 152 Å². The first-order valence-corrected chi connectivity index (χ1v) is 8.26. The van der Waals surface area contributed by atoms with Gasteiger partial charge in [-0.2, -0.15) is 0 Å². The fourth-order valence-corrected chi connectivity index (χ4v) is 3.34. The van der Waals surface area contributed by atoms with E-state index in [1.165, 1.54) is 13.4 Å². The lowest BCUT2D eigenvalue weighted by Gasteiger charge is -2.28. The second kappa shape index (κ2) is 6.57. The number of nitrogens with zero attached hydrogens (tertiary/aromatic N) is 2. The van der Waals surface area contributed by atoms with Gasteiger partial charge in [-0.1, -0.05) is 27.5 Å². The third-order valence-electron chi connectivity index (χ3n) is 3.85. The number of ether oxygens (including phenoxy) is 1. The summed E-state index contributed by atoms with van der Waals surface area (Å²) in [6.45, 7) is 0. The number of hydrogen-bond acceptors (Lipinski definition) is 5. The number of methoxy groups -OCH3 is 1. The van der Waals surface area contributed by atoms with Crippen molar-refractivity contribution in [3.63, 3.8) is 0 Å². The van der Waals surface area contributed by atoms with Crippen LogP contribution < -0.4 is 5.32 Å². The summed E-state index contributed by atoms with van der Waals surface area (Å²) in [6, 6.07) is 4.46. The van der Waals surface area contributed by atoms with Crippen molar-refractivity contribution in [2.75, 3.05) is 19.5 Å². The summed E-state index contributed by atoms with van der Waals surface area (Å²) in [7, 11) is 3.01. The molecule has 3 rings (SSSR count). The van der Waals surface area contributed by atoms with Gasteiger partial charge in [0, 0.05) is 17.2 Å². The minimum atomic E-state index is -1.51. The number of rotatable bonds is 3. The number of aliphatic imine (C=N–C) groups is 1. The fraction of sp³-hybridized carbons (Fsp3) is 0.250. The van der Waals surface area contributed by atoms with Gasteiger partial charge in [0.05, 0.1) is 35.4 Å². The van der Waals surface area contributed by atoms with Crippen molar-refractivity contribution >= 4 is 45.5 Å². The van der Waals surface area contributed by atoms with Gasteiger partial charge >= 0.3 is 5.97 Å². The lowest BCUT2D eigenvalue weighted by molar-refractivity contribution is -0.135. The SMILES string of the molecule is COC(=O)C1=C(Nc2ccc(Br)cc2Cl)C(F)C2N=CN(C)C2=C1. The molecule has 1 N–H and O–H groups in total. The van der Waals surface area contributed by atoms with Gasteiger partial charge in [0.2, 0.25) is 0 Å². The summed E-state index contributed by atoms with van der Waals surface area (Å²) in [6.07, 6.45) is 1.61. The van der Waals surface area contributed by atoms with Gasteiger partial charge in [0.1, 0.15) is 6.04 Å². The molecule has 126 valence electrons. The number of fused-ring (bicyclic) bond motifs is 1. The van der Waals surface area contributed by atoms with Gasteiger partial charge in [-0.05, 0) is 24.3 Å². The Hall–Kier alpha value is -1.86. The average Bonchev–Trinajstić information content (AvgIpc) is 2.92. The van der Waals surface area contributed by atoms with Crippen molar-refractivity contribution in [2.45, 2.75) is 12.2 Å². The second-order valence-electron chi connectivity index (χ2n) is 5.36. The lowest BCUT2D eigenvalue weighted by atomic mass is 9.94. The maximum absolute atomic E-state index is 15.1. The molecule has 24 heavy (non-hydrogen) atoms. The normalized spacial score (nSPS) is 22.4. The van der Waals surface area contributed by atoms with Crippen LogP contribution in [0.3, 0.4) is 0 Å². The van der Waals surface area contributed by atoms with Crippen LogP contribution in [0.5, 0.6) is 0 Å². The Balaban J connectivity index is 2.06. The number of benzene rings is 1. The number of esters is 1. The number of anilines is 1. The number of hydrogen-bond donors (Lipinski definition) is 1. The molecule has 0 bridgehead atoms. The van der Waals surface area contributed by atoms with Crippen LogP contribution in [-0.2, 0) is 9.53 Å². The van der Waals surface area contributed by atoms with E-state index in [0.717, 1.165) is 4.47 Å². The third-order valence-corrected chi connectivity index (χ3v) is 4.66. The quantitative estimate of drug-likeness (QED) is 0.769. The molecular formula is C16H14BrClFN3O2. The number of nitrogens with one attached hydrogen (secondary N) is 1. The minimum Gasteiger partial charge on any atom is -0.465 e. The maximum Gasteiger partial charge on any atom is 0.339 e. The van der Waals surface area contributed by atoms with Crippen molar-refractivity contribution < 1.29 is 13.9 Å². The summed E-state index contributed by atoms with van der Waals surface area (Å²) in [5.74, 6) is -0.625. The molecule has 0 radical (unpaired) electrons. The van der Waals surface area contributed by atoms with Crippen LogP contribution in [-0.4, -0.2) is 43.6 Å². The van der Waals surface area contributed by atoms with Crippen LogP contribution in [0, 0.1) is 0 Å². The Kier molecular flexibility index (Phi) is 4.64. The van der Waals surface area contributed by atoms with Gasteiger partial charge in [0.15, 0.2) is 6.17 Å². The van der Waals surface area contributed by atoms with Crippen molar-refractivity contribution in [1.82, 2.24) is 4.90 Å². The van der Waals surface area contributed by atoms with Gasteiger partial charge in [-0.25, -0.2) is 9.18 Å². The molecule has 0 spiro atoms. The van der Waals surface area contributed by atoms with Gasteiger partial charge in [0.25, 0.3) is 0 Å². The van der Waals surface area contributed by atoms with E-state index in [0.29, 0.717) is 16.4 Å². The lowest BCUT2D eigenvalue weighted by Crippen LogP contribution is -2.34. The number of halogens is 3. The number of alkyl halides is 1. The van der Waals surface area contributed by atoms with Crippen LogP contribution >= 0.6 is 27.5 Å². The van der Waals surface area contributed by atoms with Crippen LogP contribution in [0.15, 0.2) is 50.7 Å². The average molecular weight is 415 g/mol. The van der Waals surface area contributed by atoms with Gasteiger partial charge in [-0.15, -0.1) is 0 Å². The molecule has 8 heteroatoms. The maximum atomic E-state index is 15.1. The zero-order chi connectivity index (χ0) is 17.4. The molecule has 1 aromatic carbocycles. The molecule has 1 aromatic rings. The topological polar surface area (TPSA) is 53.9 Å². The molecule has 2 atom stereocenters. The third kappa shape index (κ3) is 2.93. The first-order chi connectivity index (χ1) is 11.4. The van der Waals surface area contributed by atoms with E-state index in [9.17, 15) is 4.79 Å². The predicted molar refractivity (Wildman–Crippen MR) is 94.8 cm³/mol. The monoisotopic (exact) mass is 413 g/mol.